The number of hydrogen-bond donors (Lipinski definition) is 2. The Morgan fingerprint density at radius 1 is 1.45 bits per heavy atom. The van der Waals surface area contributed by atoms with E-state index in [-0.39, 0.29) is 16.9 Å². The molecular formula is C13H19ClN2O3S. The van der Waals surface area contributed by atoms with Gasteiger partial charge in [-0.05, 0) is 43.4 Å². The molecule has 0 saturated heterocycles. The summed E-state index contributed by atoms with van der Waals surface area (Å²) in [7, 11) is -2.08. The van der Waals surface area contributed by atoms with Crippen molar-refractivity contribution >= 4 is 27.3 Å². The maximum Gasteiger partial charge on any atom is 0.243 e. The van der Waals surface area contributed by atoms with Crippen LogP contribution in [0.3, 0.4) is 0 Å². The molecule has 20 heavy (non-hydrogen) atoms. The molecule has 1 saturated carbocycles. The van der Waals surface area contributed by atoms with Gasteiger partial charge >= 0.3 is 0 Å². The Morgan fingerprint density at radius 3 is 2.60 bits per heavy atom. The van der Waals surface area contributed by atoms with E-state index in [4.69, 9.17) is 17.3 Å². The molecule has 112 valence electrons. The third-order valence-electron chi connectivity index (χ3n) is 3.78. The summed E-state index contributed by atoms with van der Waals surface area (Å²) in [6.45, 7) is 2.06. The lowest BCUT2D eigenvalue weighted by atomic mass is 9.82. The molecule has 3 N–H and O–H groups in total. The molecule has 0 amide bonds. The van der Waals surface area contributed by atoms with Crippen molar-refractivity contribution in [1.29, 1.82) is 0 Å². The topological polar surface area (TPSA) is 83.6 Å². The van der Waals surface area contributed by atoms with Gasteiger partial charge in [-0.3, -0.25) is 0 Å². The van der Waals surface area contributed by atoms with E-state index in [2.05, 4.69) is 0 Å². The Morgan fingerprint density at radius 2 is 2.05 bits per heavy atom. The van der Waals surface area contributed by atoms with Crippen LogP contribution >= 0.6 is 11.6 Å². The molecule has 0 spiro atoms. The summed E-state index contributed by atoms with van der Waals surface area (Å²) in [6.07, 6.45) is 1.01. The zero-order valence-corrected chi connectivity index (χ0v) is 13.1. The minimum Gasteiger partial charge on any atom is -0.398 e. The summed E-state index contributed by atoms with van der Waals surface area (Å²) in [5.74, 6) is 0.210. The van der Waals surface area contributed by atoms with E-state index in [1.165, 1.54) is 23.5 Å². The number of nitrogen functional groups attached to an aromatic ring is 1. The Labute approximate surface area is 124 Å². The highest BCUT2D eigenvalue weighted by molar-refractivity contribution is 7.89. The largest absolute Gasteiger partial charge is 0.398 e. The maximum absolute atomic E-state index is 12.6. The molecule has 0 radical (unpaired) electrons. The molecule has 1 aliphatic carbocycles. The minimum absolute atomic E-state index is 0.143. The van der Waals surface area contributed by atoms with Crippen LogP contribution in [0.15, 0.2) is 17.0 Å². The van der Waals surface area contributed by atoms with Crippen LogP contribution in [0.25, 0.3) is 0 Å². The van der Waals surface area contributed by atoms with Gasteiger partial charge in [0.2, 0.25) is 10.0 Å². The number of sulfonamides is 1. The molecule has 0 heterocycles. The van der Waals surface area contributed by atoms with E-state index < -0.39 is 10.0 Å². The molecule has 0 aliphatic heterocycles. The summed E-state index contributed by atoms with van der Waals surface area (Å²) in [5, 5.41) is 9.57. The Bertz CT molecular complexity index is 612. The van der Waals surface area contributed by atoms with E-state index >= 15 is 0 Å². The fourth-order valence-electron chi connectivity index (χ4n) is 2.42. The van der Waals surface area contributed by atoms with E-state index in [0.717, 1.165) is 0 Å². The highest BCUT2D eigenvalue weighted by Gasteiger charge is 2.32. The van der Waals surface area contributed by atoms with Crippen LogP contribution in [0.2, 0.25) is 5.02 Å². The highest BCUT2D eigenvalue weighted by Crippen LogP contribution is 2.31. The Balaban J connectivity index is 2.25. The lowest BCUT2D eigenvalue weighted by molar-refractivity contribution is 0.0367. The third-order valence-corrected chi connectivity index (χ3v) is 5.95. The van der Waals surface area contributed by atoms with Crippen LogP contribution < -0.4 is 5.73 Å². The Hall–Kier alpha value is -0.820. The predicted molar refractivity (Wildman–Crippen MR) is 79.1 cm³/mol. The molecule has 1 aromatic carbocycles. The first-order valence-corrected chi connectivity index (χ1v) is 8.23. The number of anilines is 1. The van der Waals surface area contributed by atoms with Crippen molar-refractivity contribution in [3.8, 4) is 0 Å². The first-order valence-electron chi connectivity index (χ1n) is 6.42. The maximum atomic E-state index is 12.6. The number of nitrogens with two attached hydrogens (primary N) is 1. The summed E-state index contributed by atoms with van der Waals surface area (Å²) in [6, 6.07) is 2.97. The van der Waals surface area contributed by atoms with Crippen LogP contribution in [-0.4, -0.2) is 37.5 Å². The molecule has 0 bridgehead atoms. The summed E-state index contributed by atoms with van der Waals surface area (Å²) in [4.78, 5) is 0.143. The second kappa shape index (κ2) is 5.52. The summed E-state index contributed by atoms with van der Waals surface area (Å²) < 4.78 is 26.4. The van der Waals surface area contributed by atoms with Gasteiger partial charge in [-0.25, -0.2) is 12.7 Å². The van der Waals surface area contributed by atoms with Gasteiger partial charge in [0.1, 0.15) is 0 Å². The number of nitrogens with zero attached hydrogens (tertiary/aromatic N) is 1. The lowest BCUT2D eigenvalue weighted by Crippen LogP contribution is -2.39. The van der Waals surface area contributed by atoms with Gasteiger partial charge in [0.15, 0.2) is 0 Å². The molecule has 0 atom stereocenters. The molecule has 5 nitrogen and oxygen atoms in total. The van der Waals surface area contributed by atoms with E-state index in [1.807, 2.05) is 0 Å². The summed E-state index contributed by atoms with van der Waals surface area (Å²) >= 11 is 5.90. The number of hydrogen-bond acceptors (Lipinski definition) is 4. The zero-order chi connectivity index (χ0) is 15.1. The van der Waals surface area contributed by atoms with E-state index in [9.17, 15) is 13.5 Å². The number of benzene rings is 1. The van der Waals surface area contributed by atoms with Crippen LogP contribution in [0, 0.1) is 12.8 Å². The monoisotopic (exact) mass is 318 g/mol. The summed E-state index contributed by atoms with van der Waals surface area (Å²) in [5.41, 5.74) is 6.65. The molecule has 1 aromatic rings. The second-order valence-corrected chi connectivity index (χ2v) is 7.84. The molecule has 1 fully saturated rings. The van der Waals surface area contributed by atoms with Crippen molar-refractivity contribution in [1.82, 2.24) is 4.31 Å². The zero-order valence-electron chi connectivity index (χ0n) is 11.5. The lowest BCUT2D eigenvalue weighted by Gasteiger charge is -2.34. The van der Waals surface area contributed by atoms with Gasteiger partial charge in [0.25, 0.3) is 0 Å². The minimum atomic E-state index is -3.62. The van der Waals surface area contributed by atoms with Crippen LogP contribution in [0.1, 0.15) is 18.4 Å². The average Bonchev–Trinajstić information content (AvgIpc) is 2.31. The van der Waals surface area contributed by atoms with Crippen molar-refractivity contribution < 1.29 is 13.5 Å². The van der Waals surface area contributed by atoms with Crippen molar-refractivity contribution in [2.75, 3.05) is 19.3 Å². The highest BCUT2D eigenvalue weighted by atomic mass is 35.5. The van der Waals surface area contributed by atoms with Crippen LogP contribution in [0.5, 0.6) is 0 Å². The SMILES string of the molecule is Cc1c(N)cc(Cl)cc1S(=O)(=O)N(C)CC1CC(O)C1. The van der Waals surface area contributed by atoms with Gasteiger partial charge in [0.05, 0.1) is 11.0 Å². The van der Waals surface area contributed by atoms with Crippen molar-refractivity contribution in [2.45, 2.75) is 30.8 Å². The van der Waals surface area contributed by atoms with Gasteiger partial charge in [0, 0.05) is 24.3 Å². The van der Waals surface area contributed by atoms with E-state index in [0.29, 0.717) is 35.7 Å². The second-order valence-electron chi connectivity index (χ2n) is 5.39. The number of aliphatic hydroxyl groups is 1. The quantitative estimate of drug-likeness (QED) is 0.826. The van der Waals surface area contributed by atoms with E-state index in [1.54, 1.807) is 6.92 Å². The molecule has 2 rings (SSSR count). The standard InChI is InChI=1S/C13H19ClN2O3S/c1-8-12(15)5-10(14)6-13(8)20(18,19)16(2)7-9-3-11(17)4-9/h5-6,9,11,17H,3-4,7,15H2,1-2H3. The van der Waals surface area contributed by atoms with Gasteiger partial charge in [-0.15, -0.1) is 0 Å². The average molecular weight is 319 g/mol. The Kier molecular flexibility index (Phi) is 4.30. The van der Waals surface area contributed by atoms with Gasteiger partial charge in [-0.1, -0.05) is 11.6 Å². The van der Waals surface area contributed by atoms with Crippen molar-refractivity contribution in [3.05, 3.63) is 22.7 Å². The molecule has 0 unspecified atom stereocenters. The molecule has 1 aliphatic rings. The van der Waals surface area contributed by atoms with Crippen LogP contribution in [0.4, 0.5) is 5.69 Å². The van der Waals surface area contributed by atoms with Gasteiger partial charge < -0.3 is 10.8 Å². The molecular weight excluding hydrogens is 300 g/mol. The van der Waals surface area contributed by atoms with Gasteiger partial charge in [-0.2, -0.15) is 0 Å². The molecule has 7 heteroatoms. The first-order chi connectivity index (χ1) is 9.21. The first kappa shape index (κ1) is 15.6. The fraction of sp³-hybridized carbons (Fsp3) is 0.538. The third kappa shape index (κ3) is 2.93. The fourth-order valence-corrected chi connectivity index (χ4v) is 4.24. The number of rotatable bonds is 4. The normalized spacial score (nSPS) is 22.9. The number of halogens is 1. The van der Waals surface area contributed by atoms with Crippen molar-refractivity contribution in [3.63, 3.8) is 0 Å². The van der Waals surface area contributed by atoms with Crippen molar-refractivity contribution in [2.24, 2.45) is 5.92 Å². The van der Waals surface area contributed by atoms with Crippen LogP contribution in [-0.2, 0) is 10.0 Å². The predicted octanol–water partition coefficient (Wildman–Crippen LogP) is 1.62. The smallest absolute Gasteiger partial charge is 0.243 e. The molecule has 0 aromatic heterocycles. The number of aliphatic hydroxyl groups excluding tert-OH is 1.